The number of nitrogens with one attached hydrogen (secondary N) is 1. The summed E-state index contributed by atoms with van der Waals surface area (Å²) in [5.74, 6) is 1.72. The van der Waals surface area contributed by atoms with E-state index in [-0.39, 0.29) is 0 Å². The minimum Gasteiger partial charge on any atom is -0.316 e. The summed E-state index contributed by atoms with van der Waals surface area (Å²) in [6.07, 6.45) is 2.61. The van der Waals surface area contributed by atoms with Gasteiger partial charge >= 0.3 is 0 Å². The molecule has 1 aromatic carbocycles. The first-order valence-electron chi connectivity index (χ1n) is 6.08. The zero-order valence-corrected chi connectivity index (χ0v) is 9.79. The van der Waals surface area contributed by atoms with Crippen LogP contribution in [0.2, 0.25) is 0 Å². The second-order valence-electron chi connectivity index (χ2n) is 4.72. The molecule has 1 aliphatic rings. The van der Waals surface area contributed by atoms with Gasteiger partial charge < -0.3 is 5.32 Å². The van der Waals surface area contributed by atoms with E-state index < -0.39 is 0 Å². The van der Waals surface area contributed by atoms with E-state index in [1.54, 1.807) is 5.56 Å². The lowest BCUT2D eigenvalue weighted by Crippen LogP contribution is -2.17. The fraction of sp³-hybridized carbons (Fsp3) is 0.571. The standard InChI is InChI=1S/C14H21N/c1-3-7-15-10-13-9-14(13)12-6-4-5-11(2)8-12/h4-6,8,13-15H,3,7,9-10H2,1-2H3. The Bertz CT molecular complexity index is 319. The quantitative estimate of drug-likeness (QED) is 0.725. The highest BCUT2D eigenvalue weighted by atomic mass is 14.9. The molecule has 1 aliphatic carbocycles. The van der Waals surface area contributed by atoms with Crippen molar-refractivity contribution in [2.24, 2.45) is 5.92 Å². The van der Waals surface area contributed by atoms with Crippen molar-refractivity contribution in [1.29, 1.82) is 0 Å². The smallest absolute Gasteiger partial charge is 0.00144 e. The molecule has 2 rings (SSSR count). The minimum atomic E-state index is 0.828. The van der Waals surface area contributed by atoms with Crippen molar-refractivity contribution in [3.8, 4) is 0 Å². The van der Waals surface area contributed by atoms with Crippen molar-refractivity contribution >= 4 is 0 Å². The zero-order valence-electron chi connectivity index (χ0n) is 9.79. The highest BCUT2D eigenvalue weighted by Gasteiger charge is 2.37. The first-order chi connectivity index (χ1) is 7.31. The lowest BCUT2D eigenvalue weighted by atomic mass is 10.1. The lowest BCUT2D eigenvalue weighted by Gasteiger charge is -2.03. The maximum atomic E-state index is 3.51. The third-order valence-corrected chi connectivity index (χ3v) is 3.23. The van der Waals surface area contributed by atoms with Gasteiger partial charge in [0.2, 0.25) is 0 Å². The molecule has 2 unspecified atom stereocenters. The number of rotatable bonds is 5. The van der Waals surface area contributed by atoms with E-state index in [1.165, 1.54) is 24.9 Å². The Morgan fingerprint density at radius 1 is 1.40 bits per heavy atom. The van der Waals surface area contributed by atoms with Gasteiger partial charge in [-0.3, -0.25) is 0 Å². The molecular formula is C14H21N. The van der Waals surface area contributed by atoms with Gasteiger partial charge in [0, 0.05) is 0 Å². The monoisotopic (exact) mass is 203 g/mol. The molecule has 1 aromatic rings. The molecule has 0 radical (unpaired) electrons. The van der Waals surface area contributed by atoms with E-state index in [1.807, 2.05) is 0 Å². The molecule has 1 heteroatoms. The van der Waals surface area contributed by atoms with Crippen LogP contribution in [0.15, 0.2) is 24.3 Å². The minimum absolute atomic E-state index is 0.828. The van der Waals surface area contributed by atoms with E-state index in [9.17, 15) is 0 Å². The van der Waals surface area contributed by atoms with Crippen molar-refractivity contribution in [3.05, 3.63) is 35.4 Å². The normalized spacial score (nSPS) is 24.1. The van der Waals surface area contributed by atoms with Crippen LogP contribution < -0.4 is 5.32 Å². The summed E-state index contributed by atoms with van der Waals surface area (Å²) in [5.41, 5.74) is 2.93. The summed E-state index contributed by atoms with van der Waals surface area (Å²) in [6.45, 7) is 6.76. The SMILES string of the molecule is CCCNCC1CC1c1cccc(C)c1. The Kier molecular flexibility index (Phi) is 3.42. The predicted octanol–water partition coefficient (Wildman–Crippen LogP) is 3.10. The van der Waals surface area contributed by atoms with Gasteiger partial charge in [-0.15, -0.1) is 0 Å². The van der Waals surface area contributed by atoms with Crippen LogP contribution in [0.25, 0.3) is 0 Å². The van der Waals surface area contributed by atoms with E-state index >= 15 is 0 Å². The van der Waals surface area contributed by atoms with Crippen molar-refractivity contribution in [2.45, 2.75) is 32.6 Å². The summed E-state index contributed by atoms with van der Waals surface area (Å²) in [7, 11) is 0. The van der Waals surface area contributed by atoms with Crippen LogP contribution in [-0.4, -0.2) is 13.1 Å². The number of benzene rings is 1. The van der Waals surface area contributed by atoms with Gasteiger partial charge in [-0.1, -0.05) is 36.8 Å². The molecule has 0 saturated heterocycles. The maximum Gasteiger partial charge on any atom is -0.00144 e. The van der Waals surface area contributed by atoms with Gasteiger partial charge in [0.15, 0.2) is 0 Å². The summed E-state index contributed by atoms with van der Waals surface area (Å²) in [6, 6.07) is 8.97. The van der Waals surface area contributed by atoms with Gasteiger partial charge in [-0.2, -0.15) is 0 Å². The predicted molar refractivity (Wildman–Crippen MR) is 65.2 cm³/mol. The van der Waals surface area contributed by atoms with E-state index in [4.69, 9.17) is 0 Å². The third-order valence-electron chi connectivity index (χ3n) is 3.23. The molecule has 2 atom stereocenters. The largest absolute Gasteiger partial charge is 0.316 e. The number of hydrogen-bond acceptors (Lipinski definition) is 1. The zero-order chi connectivity index (χ0) is 10.7. The second-order valence-corrected chi connectivity index (χ2v) is 4.72. The average Bonchev–Trinajstić information content (AvgIpc) is 2.98. The summed E-state index contributed by atoms with van der Waals surface area (Å²) >= 11 is 0. The fourth-order valence-electron chi connectivity index (χ4n) is 2.25. The van der Waals surface area contributed by atoms with Crippen molar-refractivity contribution in [1.82, 2.24) is 5.32 Å². The molecule has 0 aromatic heterocycles. The second kappa shape index (κ2) is 4.80. The molecule has 15 heavy (non-hydrogen) atoms. The molecule has 0 heterocycles. The van der Waals surface area contributed by atoms with Crippen molar-refractivity contribution < 1.29 is 0 Å². The molecule has 1 saturated carbocycles. The Balaban J connectivity index is 1.83. The van der Waals surface area contributed by atoms with Crippen molar-refractivity contribution in [3.63, 3.8) is 0 Å². The van der Waals surface area contributed by atoms with Crippen LogP contribution in [0.1, 0.15) is 36.8 Å². The van der Waals surface area contributed by atoms with Gasteiger partial charge in [0.05, 0.1) is 0 Å². The van der Waals surface area contributed by atoms with E-state index in [0.717, 1.165) is 18.4 Å². The van der Waals surface area contributed by atoms with Crippen molar-refractivity contribution in [2.75, 3.05) is 13.1 Å². The topological polar surface area (TPSA) is 12.0 Å². The van der Waals surface area contributed by atoms with Crippen LogP contribution in [0.4, 0.5) is 0 Å². The molecule has 1 nitrogen and oxygen atoms in total. The average molecular weight is 203 g/mol. The maximum absolute atomic E-state index is 3.51. The van der Waals surface area contributed by atoms with Crippen LogP contribution >= 0.6 is 0 Å². The number of hydrogen-bond donors (Lipinski definition) is 1. The van der Waals surface area contributed by atoms with Crippen LogP contribution in [-0.2, 0) is 0 Å². The van der Waals surface area contributed by atoms with Gasteiger partial charge in [-0.05, 0) is 50.3 Å². The molecule has 0 aliphatic heterocycles. The molecule has 0 spiro atoms. The number of aryl methyl sites for hydroxylation is 1. The first kappa shape index (κ1) is 10.7. The van der Waals surface area contributed by atoms with Gasteiger partial charge in [0.25, 0.3) is 0 Å². The molecular weight excluding hydrogens is 182 g/mol. The summed E-state index contributed by atoms with van der Waals surface area (Å²) < 4.78 is 0. The molecule has 1 N–H and O–H groups in total. The highest BCUT2D eigenvalue weighted by molar-refractivity contribution is 5.29. The third kappa shape index (κ3) is 2.82. The molecule has 82 valence electrons. The first-order valence-corrected chi connectivity index (χ1v) is 6.08. The summed E-state index contributed by atoms with van der Waals surface area (Å²) in [4.78, 5) is 0. The molecule has 0 amide bonds. The van der Waals surface area contributed by atoms with Gasteiger partial charge in [-0.25, -0.2) is 0 Å². The van der Waals surface area contributed by atoms with Crippen LogP contribution in [0, 0.1) is 12.8 Å². The molecule has 0 bridgehead atoms. The lowest BCUT2D eigenvalue weighted by molar-refractivity contribution is 0.620. The van der Waals surface area contributed by atoms with Crippen LogP contribution in [0.5, 0.6) is 0 Å². The van der Waals surface area contributed by atoms with E-state index in [2.05, 4.69) is 43.4 Å². The molecule has 1 fully saturated rings. The Morgan fingerprint density at radius 2 is 2.27 bits per heavy atom. The highest BCUT2D eigenvalue weighted by Crippen LogP contribution is 2.46. The Hall–Kier alpha value is -0.820. The van der Waals surface area contributed by atoms with Crippen LogP contribution in [0.3, 0.4) is 0 Å². The summed E-state index contributed by atoms with van der Waals surface area (Å²) in [5, 5.41) is 3.51. The Morgan fingerprint density at radius 3 is 3.00 bits per heavy atom. The Labute approximate surface area is 92.9 Å². The van der Waals surface area contributed by atoms with E-state index in [0.29, 0.717) is 0 Å². The van der Waals surface area contributed by atoms with Gasteiger partial charge in [0.1, 0.15) is 0 Å². The fourth-order valence-corrected chi connectivity index (χ4v) is 2.25.